The van der Waals surface area contributed by atoms with Crippen LogP contribution in [0.15, 0.2) is 16.5 Å². The van der Waals surface area contributed by atoms with Gasteiger partial charge in [-0.05, 0) is 49.5 Å². The van der Waals surface area contributed by atoms with E-state index < -0.39 is 0 Å². The van der Waals surface area contributed by atoms with Crippen molar-refractivity contribution in [2.75, 3.05) is 39.8 Å². The van der Waals surface area contributed by atoms with Crippen LogP contribution >= 0.6 is 11.6 Å². The molecule has 1 aromatic rings. The summed E-state index contributed by atoms with van der Waals surface area (Å²) in [6.45, 7) is 3.91. The number of rotatable bonds is 5. The number of hydrogen-bond acceptors (Lipinski definition) is 4. The summed E-state index contributed by atoms with van der Waals surface area (Å²) in [6, 6.07) is 3.24. The first kappa shape index (κ1) is 14.9. The van der Waals surface area contributed by atoms with Crippen LogP contribution in [0.25, 0.3) is 0 Å². The molecule has 1 aliphatic heterocycles. The van der Waals surface area contributed by atoms with Gasteiger partial charge in [-0.3, -0.25) is 4.79 Å². The van der Waals surface area contributed by atoms with Crippen LogP contribution in [0.4, 0.5) is 0 Å². The maximum absolute atomic E-state index is 12.6. The number of likely N-dealkylation sites (N-methyl/N-ethyl adjacent to an activating group) is 1. The Kier molecular flexibility index (Phi) is 4.52. The van der Waals surface area contributed by atoms with Crippen molar-refractivity contribution in [2.45, 2.75) is 18.9 Å². The zero-order valence-electron chi connectivity index (χ0n) is 12.3. The molecule has 6 heteroatoms. The van der Waals surface area contributed by atoms with Gasteiger partial charge in [0.25, 0.3) is 5.91 Å². The zero-order valence-corrected chi connectivity index (χ0v) is 13.0. The van der Waals surface area contributed by atoms with Crippen molar-refractivity contribution in [3.8, 4) is 0 Å². The van der Waals surface area contributed by atoms with Gasteiger partial charge in [-0.2, -0.15) is 0 Å². The molecular weight excluding hydrogens is 292 g/mol. The molecule has 0 bridgehead atoms. The molecule has 1 aromatic heterocycles. The first-order valence-electron chi connectivity index (χ1n) is 7.46. The Labute approximate surface area is 129 Å². The van der Waals surface area contributed by atoms with Gasteiger partial charge in [-0.25, -0.2) is 0 Å². The summed E-state index contributed by atoms with van der Waals surface area (Å²) in [5.41, 5.74) is 0. The normalized spacial score (nSPS) is 23.2. The lowest BCUT2D eigenvalue weighted by Crippen LogP contribution is -2.48. The number of halogens is 1. The van der Waals surface area contributed by atoms with Crippen molar-refractivity contribution in [1.82, 2.24) is 9.80 Å². The van der Waals surface area contributed by atoms with Crippen molar-refractivity contribution >= 4 is 17.5 Å². The summed E-state index contributed by atoms with van der Waals surface area (Å²) in [6.07, 6.45) is 2.47. The lowest BCUT2D eigenvalue weighted by atomic mass is 10.2. The summed E-state index contributed by atoms with van der Waals surface area (Å²) < 4.78 is 11.0. The minimum Gasteiger partial charge on any atom is -0.440 e. The van der Waals surface area contributed by atoms with Crippen molar-refractivity contribution in [3.63, 3.8) is 0 Å². The topological polar surface area (TPSA) is 45.9 Å². The highest BCUT2D eigenvalue weighted by Gasteiger charge is 2.31. The monoisotopic (exact) mass is 312 g/mol. The molecule has 1 unspecified atom stereocenters. The largest absolute Gasteiger partial charge is 0.440 e. The van der Waals surface area contributed by atoms with Crippen molar-refractivity contribution in [1.29, 1.82) is 0 Å². The molecule has 2 aliphatic rings. The van der Waals surface area contributed by atoms with E-state index >= 15 is 0 Å². The van der Waals surface area contributed by atoms with Crippen LogP contribution < -0.4 is 0 Å². The van der Waals surface area contributed by atoms with Gasteiger partial charge < -0.3 is 19.0 Å². The summed E-state index contributed by atoms with van der Waals surface area (Å²) in [5, 5.41) is 0.248. The van der Waals surface area contributed by atoms with E-state index in [1.165, 1.54) is 12.8 Å². The van der Waals surface area contributed by atoms with Crippen LogP contribution in [0.3, 0.4) is 0 Å². The summed E-state index contributed by atoms with van der Waals surface area (Å²) in [7, 11) is 2.08. The Morgan fingerprint density at radius 3 is 2.86 bits per heavy atom. The molecular formula is C15H21ClN2O3. The van der Waals surface area contributed by atoms with E-state index in [4.69, 9.17) is 20.8 Å². The number of carbonyl (C=O) groups is 1. The third-order valence-electron chi connectivity index (χ3n) is 4.01. The minimum atomic E-state index is -0.0920. The quantitative estimate of drug-likeness (QED) is 0.835. The summed E-state index contributed by atoms with van der Waals surface area (Å²) in [4.78, 5) is 16.7. The molecule has 21 heavy (non-hydrogen) atoms. The highest BCUT2D eigenvalue weighted by atomic mass is 35.5. The number of carbonyl (C=O) groups excluding carboxylic acids is 1. The SMILES string of the molecule is CN1CCOC(CN(CC2CC2)C(=O)c2ccc(Cl)o2)C1. The zero-order chi connectivity index (χ0) is 14.8. The first-order chi connectivity index (χ1) is 10.1. The molecule has 1 amide bonds. The molecule has 1 aliphatic carbocycles. The van der Waals surface area contributed by atoms with Gasteiger partial charge in [0, 0.05) is 26.2 Å². The van der Waals surface area contributed by atoms with E-state index in [-0.39, 0.29) is 17.2 Å². The fraction of sp³-hybridized carbons (Fsp3) is 0.667. The standard InChI is InChI=1S/C15H21ClN2O3/c1-17-6-7-20-12(9-17)10-18(8-11-2-3-11)15(19)13-4-5-14(16)21-13/h4-5,11-12H,2-3,6-10H2,1H3. The fourth-order valence-corrected chi connectivity index (χ4v) is 2.81. The van der Waals surface area contributed by atoms with E-state index in [9.17, 15) is 4.79 Å². The third-order valence-corrected chi connectivity index (χ3v) is 4.22. The molecule has 116 valence electrons. The van der Waals surface area contributed by atoms with Gasteiger partial charge in [0.15, 0.2) is 11.0 Å². The van der Waals surface area contributed by atoms with Crippen LogP contribution in [-0.2, 0) is 4.74 Å². The van der Waals surface area contributed by atoms with Gasteiger partial charge in [0.2, 0.25) is 0 Å². The number of amides is 1. The van der Waals surface area contributed by atoms with E-state index in [1.807, 2.05) is 4.90 Å². The maximum atomic E-state index is 12.6. The Balaban J connectivity index is 1.66. The number of morpholine rings is 1. The number of nitrogens with zero attached hydrogens (tertiary/aromatic N) is 2. The van der Waals surface area contributed by atoms with Crippen molar-refractivity contribution in [3.05, 3.63) is 23.1 Å². The van der Waals surface area contributed by atoms with Gasteiger partial charge >= 0.3 is 0 Å². The lowest BCUT2D eigenvalue weighted by Gasteiger charge is -2.33. The third kappa shape index (κ3) is 3.99. The molecule has 3 rings (SSSR count). The van der Waals surface area contributed by atoms with E-state index in [1.54, 1.807) is 12.1 Å². The Bertz CT molecular complexity index is 501. The van der Waals surface area contributed by atoms with E-state index in [0.29, 0.717) is 18.2 Å². The minimum absolute atomic E-state index is 0.0666. The van der Waals surface area contributed by atoms with Crippen LogP contribution in [-0.4, -0.2) is 61.6 Å². The molecule has 5 nitrogen and oxygen atoms in total. The molecule has 1 saturated carbocycles. The van der Waals surface area contributed by atoms with Crippen LogP contribution in [0, 0.1) is 5.92 Å². The second kappa shape index (κ2) is 6.38. The molecule has 1 saturated heterocycles. The average molecular weight is 313 g/mol. The molecule has 0 N–H and O–H groups in total. The number of ether oxygens (including phenoxy) is 1. The lowest BCUT2D eigenvalue weighted by molar-refractivity contribution is -0.0334. The smallest absolute Gasteiger partial charge is 0.289 e. The van der Waals surface area contributed by atoms with Gasteiger partial charge in [-0.1, -0.05) is 0 Å². The van der Waals surface area contributed by atoms with Crippen LogP contribution in [0.5, 0.6) is 0 Å². The Morgan fingerprint density at radius 2 is 2.24 bits per heavy atom. The average Bonchev–Trinajstić information content (AvgIpc) is 3.16. The van der Waals surface area contributed by atoms with Crippen LogP contribution in [0.2, 0.25) is 5.22 Å². The predicted octanol–water partition coefficient (Wildman–Crippen LogP) is 2.12. The molecule has 0 spiro atoms. The van der Waals surface area contributed by atoms with Crippen molar-refractivity contribution in [2.24, 2.45) is 5.92 Å². The van der Waals surface area contributed by atoms with Gasteiger partial charge in [-0.15, -0.1) is 0 Å². The summed E-state index contributed by atoms with van der Waals surface area (Å²) in [5.74, 6) is 0.844. The predicted molar refractivity (Wildman–Crippen MR) is 79.6 cm³/mol. The molecule has 2 fully saturated rings. The highest BCUT2D eigenvalue weighted by Crippen LogP contribution is 2.30. The number of hydrogen-bond donors (Lipinski definition) is 0. The molecule has 2 heterocycles. The van der Waals surface area contributed by atoms with Crippen LogP contribution in [0.1, 0.15) is 23.4 Å². The Hall–Kier alpha value is -1.04. The molecule has 1 atom stereocenters. The Morgan fingerprint density at radius 1 is 1.43 bits per heavy atom. The first-order valence-corrected chi connectivity index (χ1v) is 7.84. The highest BCUT2D eigenvalue weighted by molar-refractivity contribution is 6.29. The van der Waals surface area contributed by atoms with E-state index in [0.717, 1.165) is 26.2 Å². The fourth-order valence-electron chi connectivity index (χ4n) is 2.66. The second-order valence-corrected chi connectivity index (χ2v) is 6.38. The van der Waals surface area contributed by atoms with Gasteiger partial charge in [0.1, 0.15) is 0 Å². The van der Waals surface area contributed by atoms with E-state index in [2.05, 4.69) is 11.9 Å². The van der Waals surface area contributed by atoms with Crippen molar-refractivity contribution < 1.29 is 13.9 Å². The molecule has 0 aromatic carbocycles. The second-order valence-electron chi connectivity index (χ2n) is 6.01. The van der Waals surface area contributed by atoms with Gasteiger partial charge in [0.05, 0.1) is 12.7 Å². The maximum Gasteiger partial charge on any atom is 0.289 e. The molecule has 0 radical (unpaired) electrons. The summed E-state index contributed by atoms with van der Waals surface area (Å²) >= 11 is 5.77. The number of furan rings is 1.